The first-order valence-corrected chi connectivity index (χ1v) is 6.95. The Labute approximate surface area is 97.7 Å². The van der Waals surface area contributed by atoms with Crippen LogP contribution in [-0.4, -0.2) is 16.5 Å². The van der Waals surface area contributed by atoms with Crippen molar-refractivity contribution in [1.82, 2.24) is 5.32 Å². The molecule has 4 heteroatoms. The highest BCUT2D eigenvalue weighted by Crippen LogP contribution is 2.29. The number of nitrogens with one attached hydrogen (secondary N) is 1. The summed E-state index contributed by atoms with van der Waals surface area (Å²) < 4.78 is 25.1. The molecular formula is C12H16FNOS. The zero-order valence-electron chi connectivity index (χ0n) is 9.33. The van der Waals surface area contributed by atoms with E-state index in [2.05, 4.69) is 5.32 Å². The van der Waals surface area contributed by atoms with Gasteiger partial charge in [-0.1, -0.05) is 13.0 Å². The first kappa shape index (κ1) is 11.7. The van der Waals surface area contributed by atoms with Gasteiger partial charge in [0.15, 0.2) is 0 Å². The van der Waals surface area contributed by atoms with E-state index in [0.29, 0.717) is 10.6 Å². The summed E-state index contributed by atoms with van der Waals surface area (Å²) in [7, 11) is -1.05. The van der Waals surface area contributed by atoms with E-state index in [1.54, 1.807) is 6.07 Å². The second-order valence-corrected chi connectivity index (χ2v) is 5.52. The van der Waals surface area contributed by atoms with Crippen LogP contribution in [0, 0.1) is 5.82 Å². The monoisotopic (exact) mass is 241 g/mol. The predicted octanol–water partition coefficient (Wildman–Crippen LogP) is 2.38. The third-order valence-electron chi connectivity index (χ3n) is 2.87. The molecule has 0 aromatic heterocycles. The molecule has 1 aromatic carbocycles. The van der Waals surface area contributed by atoms with Crippen LogP contribution in [0.4, 0.5) is 4.39 Å². The molecule has 2 rings (SSSR count). The zero-order valence-corrected chi connectivity index (χ0v) is 10.1. The van der Waals surface area contributed by atoms with Crippen LogP contribution < -0.4 is 5.32 Å². The third kappa shape index (κ3) is 2.33. The van der Waals surface area contributed by atoms with Crippen LogP contribution in [0.2, 0.25) is 0 Å². The van der Waals surface area contributed by atoms with Gasteiger partial charge in [0.1, 0.15) is 5.82 Å². The van der Waals surface area contributed by atoms with E-state index in [1.807, 2.05) is 6.92 Å². The van der Waals surface area contributed by atoms with Crippen LogP contribution in [-0.2, 0) is 10.8 Å². The van der Waals surface area contributed by atoms with Crippen molar-refractivity contribution >= 4 is 10.8 Å². The van der Waals surface area contributed by atoms with Gasteiger partial charge in [0.2, 0.25) is 0 Å². The summed E-state index contributed by atoms with van der Waals surface area (Å²) in [6.45, 7) is 2.92. The van der Waals surface area contributed by atoms with Crippen LogP contribution in [0.5, 0.6) is 0 Å². The van der Waals surface area contributed by atoms with Gasteiger partial charge in [0, 0.05) is 16.7 Å². The molecule has 1 aliphatic rings. The lowest BCUT2D eigenvalue weighted by molar-refractivity contribution is 0.506. The maximum absolute atomic E-state index is 13.2. The van der Waals surface area contributed by atoms with Gasteiger partial charge >= 0.3 is 0 Å². The Morgan fingerprint density at radius 2 is 2.38 bits per heavy atom. The highest BCUT2D eigenvalue weighted by molar-refractivity contribution is 7.85. The predicted molar refractivity (Wildman–Crippen MR) is 63.3 cm³/mol. The van der Waals surface area contributed by atoms with Crippen molar-refractivity contribution in [3.8, 4) is 0 Å². The smallest absolute Gasteiger partial charge is 0.124 e. The SMILES string of the molecule is CCNC1CCCS(=O)c2cc(F)ccc21. The molecule has 0 amide bonds. The normalized spacial score (nSPS) is 24.9. The molecule has 1 aromatic rings. The fourth-order valence-corrected chi connectivity index (χ4v) is 3.50. The summed E-state index contributed by atoms with van der Waals surface area (Å²) in [5.41, 5.74) is 0.999. The van der Waals surface area contributed by atoms with E-state index in [0.717, 1.165) is 24.9 Å². The lowest BCUT2D eigenvalue weighted by Gasteiger charge is -2.17. The van der Waals surface area contributed by atoms with Crippen LogP contribution in [0.1, 0.15) is 31.4 Å². The van der Waals surface area contributed by atoms with E-state index in [4.69, 9.17) is 0 Å². The summed E-state index contributed by atoms with van der Waals surface area (Å²) in [4.78, 5) is 0.670. The third-order valence-corrected chi connectivity index (χ3v) is 4.37. The molecule has 1 aliphatic heterocycles. The van der Waals surface area contributed by atoms with Crippen LogP contribution in [0.3, 0.4) is 0 Å². The second kappa shape index (κ2) is 5.06. The van der Waals surface area contributed by atoms with Crippen LogP contribution in [0.25, 0.3) is 0 Å². The van der Waals surface area contributed by atoms with Crippen molar-refractivity contribution < 1.29 is 8.60 Å². The van der Waals surface area contributed by atoms with E-state index >= 15 is 0 Å². The minimum absolute atomic E-state index is 0.215. The van der Waals surface area contributed by atoms with Gasteiger partial charge in [-0.05, 0) is 37.1 Å². The highest BCUT2D eigenvalue weighted by Gasteiger charge is 2.22. The Hall–Kier alpha value is -0.740. The molecule has 0 radical (unpaired) electrons. The maximum Gasteiger partial charge on any atom is 0.124 e. The first-order valence-electron chi connectivity index (χ1n) is 5.63. The van der Waals surface area contributed by atoms with E-state index in [1.165, 1.54) is 12.1 Å². The first-order chi connectivity index (χ1) is 7.72. The Morgan fingerprint density at radius 3 is 3.12 bits per heavy atom. The van der Waals surface area contributed by atoms with E-state index in [9.17, 15) is 8.60 Å². The summed E-state index contributed by atoms with van der Waals surface area (Å²) >= 11 is 0. The molecule has 0 bridgehead atoms. The van der Waals surface area contributed by atoms with Crippen molar-refractivity contribution in [2.24, 2.45) is 0 Å². The average molecular weight is 241 g/mol. The Balaban J connectivity index is 2.43. The number of benzene rings is 1. The molecule has 2 atom stereocenters. The summed E-state index contributed by atoms with van der Waals surface area (Å²) in [6, 6.07) is 4.85. The van der Waals surface area contributed by atoms with Gasteiger partial charge in [-0.15, -0.1) is 0 Å². The summed E-state index contributed by atoms with van der Waals surface area (Å²) in [5, 5.41) is 3.36. The standard InChI is InChI=1S/C12H16FNOS/c1-2-14-11-4-3-7-16(15)12-8-9(13)5-6-10(11)12/h5-6,8,11,14H,2-4,7H2,1H3. The number of halogens is 1. The van der Waals surface area contributed by atoms with E-state index in [-0.39, 0.29) is 11.9 Å². The minimum Gasteiger partial charge on any atom is -0.310 e. The molecular weight excluding hydrogens is 225 g/mol. The quantitative estimate of drug-likeness (QED) is 0.861. The van der Waals surface area contributed by atoms with Crippen molar-refractivity contribution in [2.75, 3.05) is 12.3 Å². The van der Waals surface area contributed by atoms with E-state index < -0.39 is 10.8 Å². The maximum atomic E-state index is 13.2. The van der Waals surface area contributed by atoms with Crippen molar-refractivity contribution in [3.63, 3.8) is 0 Å². The summed E-state index contributed by atoms with van der Waals surface area (Å²) in [6.07, 6.45) is 1.89. The van der Waals surface area contributed by atoms with Crippen molar-refractivity contribution in [1.29, 1.82) is 0 Å². The molecule has 1 N–H and O–H groups in total. The molecule has 16 heavy (non-hydrogen) atoms. The van der Waals surface area contributed by atoms with Gasteiger partial charge in [-0.3, -0.25) is 4.21 Å². The number of hydrogen-bond acceptors (Lipinski definition) is 2. The number of hydrogen-bond donors (Lipinski definition) is 1. The fraction of sp³-hybridized carbons (Fsp3) is 0.500. The molecule has 0 saturated carbocycles. The molecule has 0 saturated heterocycles. The Bertz CT molecular complexity index is 408. The van der Waals surface area contributed by atoms with Gasteiger partial charge in [-0.25, -0.2) is 4.39 Å². The lowest BCUT2D eigenvalue weighted by atomic mass is 10.0. The highest BCUT2D eigenvalue weighted by atomic mass is 32.2. The summed E-state index contributed by atoms with van der Waals surface area (Å²) in [5.74, 6) is 0.336. The average Bonchev–Trinajstić information content (AvgIpc) is 2.41. The molecule has 2 unspecified atom stereocenters. The molecule has 1 heterocycles. The second-order valence-electron chi connectivity index (χ2n) is 3.98. The zero-order chi connectivity index (χ0) is 11.5. The number of rotatable bonds is 2. The molecule has 0 aliphatic carbocycles. The molecule has 88 valence electrons. The van der Waals surface area contributed by atoms with Crippen LogP contribution in [0.15, 0.2) is 23.1 Å². The van der Waals surface area contributed by atoms with Gasteiger partial charge in [-0.2, -0.15) is 0 Å². The fourth-order valence-electron chi connectivity index (χ4n) is 2.14. The molecule has 0 fully saturated rings. The van der Waals surface area contributed by atoms with Crippen LogP contribution >= 0.6 is 0 Å². The topological polar surface area (TPSA) is 29.1 Å². The minimum atomic E-state index is -1.05. The molecule has 2 nitrogen and oxygen atoms in total. The van der Waals surface area contributed by atoms with Gasteiger partial charge in [0.25, 0.3) is 0 Å². The Morgan fingerprint density at radius 1 is 1.56 bits per heavy atom. The van der Waals surface area contributed by atoms with Crippen molar-refractivity contribution in [3.05, 3.63) is 29.6 Å². The molecule has 0 spiro atoms. The van der Waals surface area contributed by atoms with Gasteiger partial charge < -0.3 is 5.32 Å². The van der Waals surface area contributed by atoms with Crippen molar-refractivity contribution in [2.45, 2.75) is 30.7 Å². The number of fused-ring (bicyclic) bond motifs is 1. The Kier molecular flexibility index (Phi) is 3.71. The lowest BCUT2D eigenvalue weighted by Crippen LogP contribution is -2.21. The largest absolute Gasteiger partial charge is 0.310 e. The van der Waals surface area contributed by atoms with Gasteiger partial charge in [0.05, 0.1) is 10.8 Å².